The molecule has 3 N–H and O–H groups in total. The second-order valence-electron chi connectivity index (χ2n) is 4.21. The van der Waals surface area contributed by atoms with Crippen LogP contribution in [0, 0.1) is 0 Å². The number of benzene rings is 1. The molecule has 0 saturated carbocycles. The molecule has 0 bridgehead atoms. The molecule has 0 aliphatic carbocycles. The van der Waals surface area contributed by atoms with Crippen molar-refractivity contribution in [1.29, 1.82) is 0 Å². The molecule has 4 nitrogen and oxygen atoms in total. The molecule has 0 radical (unpaired) electrons. The highest BCUT2D eigenvalue weighted by atomic mass is 79.9. The fraction of sp³-hybridized carbons (Fsp3) is 0.462. The van der Waals surface area contributed by atoms with E-state index in [9.17, 15) is 4.79 Å². The average Bonchev–Trinajstić information content (AvgIpc) is 2.28. The lowest BCUT2D eigenvalue weighted by Crippen LogP contribution is -2.35. The van der Waals surface area contributed by atoms with E-state index in [0.717, 1.165) is 10.0 Å². The van der Waals surface area contributed by atoms with E-state index in [1.54, 1.807) is 6.92 Å². The second kappa shape index (κ2) is 8.24. The van der Waals surface area contributed by atoms with Gasteiger partial charge in [-0.05, 0) is 24.6 Å². The van der Waals surface area contributed by atoms with Gasteiger partial charge in [-0.1, -0.05) is 28.1 Å². The predicted octanol–water partition coefficient (Wildman–Crippen LogP) is 1.08. The van der Waals surface area contributed by atoms with Crippen LogP contribution in [0.15, 0.2) is 28.7 Å². The van der Waals surface area contributed by atoms with E-state index >= 15 is 0 Å². The Morgan fingerprint density at radius 3 is 2.89 bits per heavy atom. The third-order valence-corrected chi connectivity index (χ3v) is 2.81. The Bertz CT molecular complexity index is 383. The smallest absolute Gasteiger partial charge is 0.224 e. The van der Waals surface area contributed by atoms with Crippen molar-refractivity contribution in [2.45, 2.75) is 19.4 Å². The van der Waals surface area contributed by atoms with Crippen LogP contribution in [-0.2, 0) is 11.2 Å². The molecule has 0 aliphatic rings. The van der Waals surface area contributed by atoms with Crippen LogP contribution >= 0.6 is 15.9 Å². The normalized spacial score (nSPS) is 12.2. The molecule has 0 heterocycles. The molecule has 0 fully saturated rings. The van der Waals surface area contributed by atoms with E-state index in [2.05, 4.69) is 26.6 Å². The second-order valence-corrected chi connectivity index (χ2v) is 5.13. The lowest BCUT2D eigenvalue weighted by Gasteiger charge is -2.08. The highest BCUT2D eigenvalue weighted by Crippen LogP contribution is 2.11. The summed E-state index contributed by atoms with van der Waals surface area (Å²) in [6, 6.07) is 7.71. The summed E-state index contributed by atoms with van der Waals surface area (Å²) in [5.74, 6) is 0.00643. The highest BCUT2D eigenvalue weighted by molar-refractivity contribution is 9.10. The first-order valence-electron chi connectivity index (χ1n) is 5.98. The van der Waals surface area contributed by atoms with E-state index in [1.807, 2.05) is 24.3 Å². The van der Waals surface area contributed by atoms with Crippen molar-refractivity contribution in [2.75, 3.05) is 19.6 Å². The van der Waals surface area contributed by atoms with Crippen LogP contribution in [0.3, 0.4) is 0 Å². The van der Waals surface area contributed by atoms with Crippen molar-refractivity contribution in [3.05, 3.63) is 34.3 Å². The monoisotopic (exact) mass is 314 g/mol. The Labute approximate surface area is 116 Å². The van der Waals surface area contributed by atoms with Crippen LogP contribution in [0.25, 0.3) is 0 Å². The van der Waals surface area contributed by atoms with Gasteiger partial charge in [-0.2, -0.15) is 0 Å². The van der Waals surface area contributed by atoms with E-state index in [0.29, 0.717) is 26.1 Å². The van der Waals surface area contributed by atoms with Gasteiger partial charge in [0.2, 0.25) is 5.91 Å². The number of aliphatic hydroxyl groups is 1. The van der Waals surface area contributed by atoms with Gasteiger partial charge in [-0.25, -0.2) is 0 Å². The summed E-state index contributed by atoms with van der Waals surface area (Å²) in [6.07, 6.45) is 0.0258. The minimum atomic E-state index is -0.359. The van der Waals surface area contributed by atoms with Gasteiger partial charge in [0.15, 0.2) is 0 Å². The summed E-state index contributed by atoms with van der Waals surface area (Å²) in [7, 11) is 0. The molecular formula is C13H19BrN2O2. The number of rotatable bonds is 7. The van der Waals surface area contributed by atoms with Gasteiger partial charge >= 0.3 is 0 Å². The Balaban J connectivity index is 2.18. The number of hydrogen-bond donors (Lipinski definition) is 3. The molecule has 1 unspecified atom stereocenters. The van der Waals surface area contributed by atoms with Crippen molar-refractivity contribution in [3.63, 3.8) is 0 Å². The topological polar surface area (TPSA) is 61.4 Å². The van der Waals surface area contributed by atoms with Crippen molar-refractivity contribution >= 4 is 21.8 Å². The highest BCUT2D eigenvalue weighted by Gasteiger charge is 2.03. The molecule has 1 atom stereocenters. The standard InChI is InChI=1S/C13H19BrN2O2/c1-10(17)9-15-5-6-16-13(18)8-11-3-2-4-12(14)7-11/h2-4,7,10,15,17H,5-6,8-9H2,1H3,(H,16,18). The van der Waals surface area contributed by atoms with E-state index in [-0.39, 0.29) is 12.0 Å². The van der Waals surface area contributed by atoms with Crippen molar-refractivity contribution in [3.8, 4) is 0 Å². The zero-order chi connectivity index (χ0) is 13.4. The van der Waals surface area contributed by atoms with Crippen molar-refractivity contribution in [2.24, 2.45) is 0 Å². The van der Waals surface area contributed by atoms with E-state index in [1.165, 1.54) is 0 Å². The SMILES string of the molecule is CC(O)CNCCNC(=O)Cc1cccc(Br)c1. The lowest BCUT2D eigenvalue weighted by atomic mass is 10.1. The molecule has 100 valence electrons. The predicted molar refractivity (Wildman–Crippen MR) is 75.4 cm³/mol. The van der Waals surface area contributed by atoms with Gasteiger partial charge < -0.3 is 15.7 Å². The number of carbonyl (C=O) groups is 1. The Morgan fingerprint density at radius 1 is 1.44 bits per heavy atom. The minimum absolute atomic E-state index is 0.00643. The van der Waals surface area contributed by atoms with Gasteiger partial charge in [0, 0.05) is 24.1 Å². The molecule has 1 aromatic carbocycles. The molecule has 5 heteroatoms. The number of carbonyl (C=O) groups excluding carboxylic acids is 1. The number of hydrogen-bond acceptors (Lipinski definition) is 3. The largest absolute Gasteiger partial charge is 0.392 e. The van der Waals surface area contributed by atoms with Gasteiger partial charge in [0.05, 0.1) is 12.5 Å². The number of halogens is 1. The average molecular weight is 315 g/mol. The third-order valence-electron chi connectivity index (χ3n) is 2.32. The summed E-state index contributed by atoms with van der Waals surface area (Å²) in [5.41, 5.74) is 0.985. The van der Waals surface area contributed by atoms with Crippen molar-refractivity contribution < 1.29 is 9.90 Å². The zero-order valence-electron chi connectivity index (χ0n) is 10.4. The maximum absolute atomic E-state index is 11.6. The number of nitrogens with one attached hydrogen (secondary N) is 2. The van der Waals surface area contributed by atoms with Crippen LogP contribution in [0.2, 0.25) is 0 Å². The van der Waals surface area contributed by atoms with Crippen LogP contribution in [-0.4, -0.2) is 36.8 Å². The first-order valence-corrected chi connectivity index (χ1v) is 6.77. The Hall–Kier alpha value is -0.910. The first kappa shape index (κ1) is 15.1. The molecular weight excluding hydrogens is 296 g/mol. The lowest BCUT2D eigenvalue weighted by molar-refractivity contribution is -0.120. The van der Waals surface area contributed by atoms with Crippen LogP contribution in [0.1, 0.15) is 12.5 Å². The third kappa shape index (κ3) is 6.74. The fourth-order valence-corrected chi connectivity index (χ4v) is 1.94. The zero-order valence-corrected chi connectivity index (χ0v) is 12.0. The number of amides is 1. The van der Waals surface area contributed by atoms with Gasteiger partial charge in [-0.15, -0.1) is 0 Å². The summed E-state index contributed by atoms with van der Waals surface area (Å²) >= 11 is 3.37. The van der Waals surface area contributed by atoms with E-state index < -0.39 is 0 Å². The fourth-order valence-electron chi connectivity index (χ4n) is 1.50. The molecule has 1 amide bonds. The van der Waals surface area contributed by atoms with Crippen LogP contribution in [0.5, 0.6) is 0 Å². The van der Waals surface area contributed by atoms with Gasteiger partial charge in [0.25, 0.3) is 0 Å². The summed E-state index contributed by atoms with van der Waals surface area (Å²) in [6.45, 7) is 3.50. The molecule has 1 aromatic rings. The van der Waals surface area contributed by atoms with Crippen molar-refractivity contribution in [1.82, 2.24) is 10.6 Å². The number of aliphatic hydroxyl groups excluding tert-OH is 1. The summed E-state index contributed by atoms with van der Waals surface area (Å²) in [5, 5.41) is 14.9. The van der Waals surface area contributed by atoms with Crippen LogP contribution < -0.4 is 10.6 Å². The molecule has 1 rings (SSSR count). The molecule has 0 aliphatic heterocycles. The quantitative estimate of drug-likeness (QED) is 0.660. The van der Waals surface area contributed by atoms with Gasteiger partial charge in [0.1, 0.15) is 0 Å². The maximum Gasteiger partial charge on any atom is 0.224 e. The van der Waals surface area contributed by atoms with Gasteiger partial charge in [-0.3, -0.25) is 4.79 Å². The minimum Gasteiger partial charge on any atom is -0.392 e. The Morgan fingerprint density at radius 2 is 2.22 bits per heavy atom. The summed E-state index contributed by atoms with van der Waals surface area (Å²) < 4.78 is 0.978. The molecule has 0 aromatic heterocycles. The summed E-state index contributed by atoms with van der Waals surface area (Å²) in [4.78, 5) is 11.6. The maximum atomic E-state index is 11.6. The molecule has 0 saturated heterocycles. The first-order chi connectivity index (χ1) is 8.58. The van der Waals surface area contributed by atoms with E-state index in [4.69, 9.17) is 5.11 Å². The Kier molecular flexibility index (Phi) is 6.93. The molecule has 18 heavy (non-hydrogen) atoms. The molecule has 0 spiro atoms. The van der Waals surface area contributed by atoms with Crippen LogP contribution in [0.4, 0.5) is 0 Å².